The number of carboxylic acid groups (broad SMARTS) is 1. The highest BCUT2D eigenvalue weighted by molar-refractivity contribution is 5.70. The van der Waals surface area contributed by atoms with Crippen molar-refractivity contribution >= 4 is 5.97 Å². The van der Waals surface area contributed by atoms with E-state index in [2.05, 4.69) is 20.9 Å². The van der Waals surface area contributed by atoms with Crippen molar-refractivity contribution in [2.75, 3.05) is 13.1 Å². The maximum atomic E-state index is 11.1. The minimum Gasteiger partial charge on any atom is -0.481 e. The van der Waals surface area contributed by atoms with Crippen molar-refractivity contribution < 1.29 is 9.90 Å². The van der Waals surface area contributed by atoms with Crippen LogP contribution in [-0.4, -0.2) is 39.0 Å². The molecule has 2 aromatic heterocycles. The average molecular weight is 297 g/mol. The maximum absolute atomic E-state index is 11.1. The van der Waals surface area contributed by atoms with E-state index in [4.69, 9.17) is 5.11 Å². The summed E-state index contributed by atoms with van der Waals surface area (Å²) in [6.45, 7) is 1.51. The number of hydrogen-bond acceptors (Lipinski definition) is 4. The van der Waals surface area contributed by atoms with Gasteiger partial charge in [-0.25, -0.2) is 0 Å². The topological polar surface area (TPSA) is 66.3 Å². The van der Waals surface area contributed by atoms with Gasteiger partial charge in [0.2, 0.25) is 0 Å². The SMILES string of the molecule is O=C(O)C1CCN(C(c2cccnc2)c2ccccn2)CC1. The molecule has 0 amide bonds. The second kappa shape index (κ2) is 6.66. The lowest BCUT2D eigenvalue weighted by Gasteiger charge is -2.36. The summed E-state index contributed by atoms with van der Waals surface area (Å²) in [5.74, 6) is -0.912. The number of piperidine rings is 1. The van der Waals surface area contributed by atoms with E-state index in [0.717, 1.165) is 24.3 Å². The third-order valence-electron chi connectivity index (χ3n) is 4.21. The van der Waals surface area contributed by atoms with Gasteiger partial charge >= 0.3 is 5.97 Å². The zero-order valence-corrected chi connectivity index (χ0v) is 12.3. The predicted molar refractivity (Wildman–Crippen MR) is 82.2 cm³/mol. The van der Waals surface area contributed by atoms with Crippen LogP contribution in [0.5, 0.6) is 0 Å². The summed E-state index contributed by atoms with van der Waals surface area (Å²) < 4.78 is 0. The first-order valence-corrected chi connectivity index (χ1v) is 7.53. The summed E-state index contributed by atoms with van der Waals surface area (Å²) in [4.78, 5) is 22.2. The Morgan fingerprint density at radius 3 is 2.59 bits per heavy atom. The van der Waals surface area contributed by atoms with Crippen LogP contribution >= 0.6 is 0 Å². The van der Waals surface area contributed by atoms with Crippen molar-refractivity contribution in [3.63, 3.8) is 0 Å². The molecule has 1 aliphatic heterocycles. The van der Waals surface area contributed by atoms with Gasteiger partial charge in [-0.15, -0.1) is 0 Å². The van der Waals surface area contributed by atoms with Crippen molar-refractivity contribution in [3.8, 4) is 0 Å². The van der Waals surface area contributed by atoms with E-state index >= 15 is 0 Å². The first-order valence-electron chi connectivity index (χ1n) is 7.53. The molecule has 0 radical (unpaired) electrons. The first kappa shape index (κ1) is 14.7. The van der Waals surface area contributed by atoms with Gasteiger partial charge in [-0.3, -0.25) is 19.7 Å². The third kappa shape index (κ3) is 3.14. The molecule has 1 fully saturated rings. The fourth-order valence-electron chi connectivity index (χ4n) is 3.05. The van der Waals surface area contributed by atoms with Gasteiger partial charge in [0.1, 0.15) is 0 Å². The minimum atomic E-state index is -0.685. The molecule has 0 aromatic carbocycles. The number of hydrogen-bond donors (Lipinski definition) is 1. The monoisotopic (exact) mass is 297 g/mol. The van der Waals surface area contributed by atoms with Gasteiger partial charge in [0.15, 0.2) is 0 Å². The molecular formula is C17H19N3O2. The van der Waals surface area contributed by atoms with Gasteiger partial charge in [-0.05, 0) is 49.7 Å². The van der Waals surface area contributed by atoms with Gasteiger partial charge in [0.25, 0.3) is 0 Å². The van der Waals surface area contributed by atoms with Crippen LogP contribution in [0.2, 0.25) is 0 Å². The standard InChI is InChI=1S/C17H19N3O2/c21-17(22)13-6-10-20(11-7-13)16(14-4-3-8-18-12-14)15-5-1-2-9-19-15/h1-5,8-9,12-13,16H,6-7,10-11H2,(H,21,22). The zero-order chi connectivity index (χ0) is 15.4. The molecule has 3 rings (SSSR count). The lowest BCUT2D eigenvalue weighted by Crippen LogP contribution is -2.39. The number of aromatic nitrogens is 2. The quantitative estimate of drug-likeness (QED) is 0.938. The Bertz CT molecular complexity index is 571. The molecular weight excluding hydrogens is 278 g/mol. The van der Waals surface area contributed by atoms with Crippen molar-refractivity contribution in [3.05, 3.63) is 60.2 Å². The Balaban J connectivity index is 1.86. The molecule has 5 heteroatoms. The van der Waals surface area contributed by atoms with Gasteiger partial charge in [0.05, 0.1) is 17.7 Å². The van der Waals surface area contributed by atoms with E-state index in [1.54, 1.807) is 12.4 Å². The van der Waals surface area contributed by atoms with Gasteiger partial charge in [-0.2, -0.15) is 0 Å². The number of pyridine rings is 2. The number of likely N-dealkylation sites (tertiary alicyclic amines) is 1. The van der Waals surface area contributed by atoms with E-state index < -0.39 is 5.97 Å². The summed E-state index contributed by atoms with van der Waals surface area (Å²) in [6.07, 6.45) is 6.78. The molecule has 1 atom stereocenters. The largest absolute Gasteiger partial charge is 0.481 e. The highest BCUT2D eigenvalue weighted by Gasteiger charge is 2.30. The molecule has 22 heavy (non-hydrogen) atoms. The summed E-state index contributed by atoms with van der Waals surface area (Å²) >= 11 is 0. The van der Waals surface area contributed by atoms with Crippen molar-refractivity contribution in [1.29, 1.82) is 0 Å². The summed E-state index contributed by atoms with van der Waals surface area (Å²) in [5.41, 5.74) is 2.07. The van der Waals surface area contributed by atoms with E-state index in [-0.39, 0.29) is 12.0 Å². The normalized spacial score (nSPS) is 18.0. The van der Waals surface area contributed by atoms with E-state index in [9.17, 15) is 4.79 Å². The number of rotatable bonds is 4. The second-order valence-electron chi connectivity index (χ2n) is 5.59. The molecule has 3 heterocycles. The van der Waals surface area contributed by atoms with E-state index in [1.165, 1.54) is 0 Å². The summed E-state index contributed by atoms with van der Waals surface area (Å²) in [7, 11) is 0. The van der Waals surface area contributed by atoms with Crippen LogP contribution in [0.15, 0.2) is 48.9 Å². The van der Waals surface area contributed by atoms with E-state index in [0.29, 0.717) is 12.8 Å². The lowest BCUT2D eigenvalue weighted by atomic mass is 9.93. The number of aliphatic carboxylic acids is 1. The van der Waals surface area contributed by atoms with Crippen LogP contribution in [0.25, 0.3) is 0 Å². The highest BCUT2D eigenvalue weighted by atomic mass is 16.4. The minimum absolute atomic E-state index is 0.0321. The van der Waals surface area contributed by atoms with Crippen LogP contribution in [0.3, 0.4) is 0 Å². The van der Waals surface area contributed by atoms with Crippen LogP contribution in [0.1, 0.15) is 30.1 Å². The Hall–Kier alpha value is -2.27. The fraction of sp³-hybridized carbons (Fsp3) is 0.353. The molecule has 1 unspecified atom stereocenters. The number of nitrogens with zero attached hydrogens (tertiary/aromatic N) is 3. The molecule has 1 aliphatic rings. The van der Waals surface area contributed by atoms with Crippen molar-refractivity contribution in [2.45, 2.75) is 18.9 Å². The second-order valence-corrected chi connectivity index (χ2v) is 5.59. The summed E-state index contributed by atoms with van der Waals surface area (Å²) in [6, 6.07) is 9.91. The smallest absolute Gasteiger partial charge is 0.306 e. The Kier molecular flexibility index (Phi) is 4.44. The van der Waals surface area contributed by atoms with Crippen LogP contribution in [0.4, 0.5) is 0 Å². The predicted octanol–water partition coefficient (Wildman–Crippen LogP) is 2.36. The molecule has 0 bridgehead atoms. The van der Waals surface area contributed by atoms with E-state index in [1.807, 2.05) is 30.5 Å². The van der Waals surface area contributed by atoms with Crippen LogP contribution in [-0.2, 0) is 4.79 Å². The summed E-state index contributed by atoms with van der Waals surface area (Å²) in [5, 5.41) is 9.16. The fourth-order valence-corrected chi connectivity index (χ4v) is 3.05. The average Bonchev–Trinajstić information content (AvgIpc) is 2.57. The molecule has 2 aromatic rings. The Morgan fingerprint density at radius 2 is 2.00 bits per heavy atom. The molecule has 0 saturated carbocycles. The highest BCUT2D eigenvalue weighted by Crippen LogP contribution is 2.30. The molecule has 1 N–H and O–H groups in total. The third-order valence-corrected chi connectivity index (χ3v) is 4.21. The molecule has 5 nitrogen and oxygen atoms in total. The van der Waals surface area contributed by atoms with Gasteiger partial charge in [-0.1, -0.05) is 12.1 Å². The molecule has 0 aliphatic carbocycles. The Morgan fingerprint density at radius 1 is 1.18 bits per heavy atom. The molecule has 1 saturated heterocycles. The van der Waals surface area contributed by atoms with Gasteiger partial charge in [0, 0.05) is 18.6 Å². The lowest BCUT2D eigenvalue weighted by molar-refractivity contribution is -0.143. The van der Waals surface area contributed by atoms with Crippen LogP contribution < -0.4 is 0 Å². The number of carbonyl (C=O) groups is 1. The van der Waals surface area contributed by atoms with Crippen molar-refractivity contribution in [2.24, 2.45) is 5.92 Å². The first-order chi connectivity index (χ1) is 10.8. The van der Waals surface area contributed by atoms with Crippen molar-refractivity contribution in [1.82, 2.24) is 14.9 Å². The van der Waals surface area contributed by atoms with Crippen LogP contribution in [0, 0.1) is 5.92 Å². The Labute approximate surface area is 129 Å². The van der Waals surface area contributed by atoms with Gasteiger partial charge < -0.3 is 5.11 Å². The zero-order valence-electron chi connectivity index (χ0n) is 12.3. The molecule has 114 valence electrons. The maximum Gasteiger partial charge on any atom is 0.306 e. The molecule has 0 spiro atoms. The number of carboxylic acids is 1.